The molecule has 6 nitrogen and oxygen atoms in total. The molecule has 6 heteroatoms. The molecule has 0 amide bonds. The summed E-state index contributed by atoms with van der Waals surface area (Å²) in [5.41, 5.74) is 13.5. The number of amidine groups is 2. The van der Waals surface area contributed by atoms with E-state index in [0.29, 0.717) is 19.0 Å². The van der Waals surface area contributed by atoms with Crippen LogP contribution in [-0.2, 0) is 11.3 Å². The Balaban J connectivity index is 1.90. The summed E-state index contributed by atoms with van der Waals surface area (Å²) in [5, 5.41) is 22.6. The smallest absolute Gasteiger partial charge is 0.122 e. The van der Waals surface area contributed by atoms with Gasteiger partial charge >= 0.3 is 0 Å². The number of hydrogen-bond acceptors (Lipinski definition) is 4. The number of nitrogens with one attached hydrogen (secondary N) is 3. The minimum Gasteiger partial charge on any atom is -0.388 e. The minimum atomic E-state index is 0.0843. The van der Waals surface area contributed by atoms with E-state index in [1.807, 2.05) is 24.3 Å². The second-order valence-corrected chi connectivity index (χ2v) is 7.72. The lowest BCUT2D eigenvalue weighted by Gasteiger charge is -2.07. The fourth-order valence-electron chi connectivity index (χ4n) is 3.18. The normalized spacial score (nSPS) is 10.8. The topological polar surface area (TPSA) is 133 Å². The molecule has 1 aromatic rings. The van der Waals surface area contributed by atoms with Gasteiger partial charge in [-0.3, -0.25) is 10.8 Å². The van der Waals surface area contributed by atoms with E-state index in [2.05, 4.69) is 0 Å². The van der Waals surface area contributed by atoms with Crippen molar-refractivity contribution >= 4 is 17.4 Å². The Morgan fingerprint density at radius 3 is 1.76 bits per heavy atom. The van der Waals surface area contributed by atoms with Crippen LogP contribution >= 0.6 is 0 Å². The van der Waals surface area contributed by atoms with E-state index in [1.54, 1.807) is 0 Å². The van der Waals surface area contributed by atoms with Crippen molar-refractivity contribution in [2.24, 2.45) is 11.5 Å². The van der Waals surface area contributed by atoms with E-state index in [9.17, 15) is 0 Å². The molecule has 0 fully saturated rings. The highest BCUT2D eigenvalue weighted by Gasteiger charge is 2.00. The Labute approximate surface area is 175 Å². The summed E-state index contributed by atoms with van der Waals surface area (Å²) in [5.74, 6) is 0.386. The van der Waals surface area contributed by atoms with Crippen molar-refractivity contribution in [1.82, 2.24) is 0 Å². The molecule has 0 atom stereocenters. The predicted molar refractivity (Wildman–Crippen MR) is 122 cm³/mol. The molecule has 0 radical (unpaired) electrons. The monoisotopic (exact) mass is 401 g/mol. The van der Waals surface area contributed by atoms with E-state index in [4.69, 9.17) is 32.4 Å². The lowest BCUT2D eigenvalue weighted by molar-refractivity contribution is 0.117. The fraction of sp³-hybridized carbons (Fsp3) is 0.609. The van der Waals surface area contributed by atoms with Gasteiger partial charge in [0.1, 0.15) is 5.84 Å². The first-order chi connectivity index (χ1) is 14.0. The second kappa shape index (κ2) is 15.7. The van der Waals surface area contributed by atoms with Crippen LogP contribution in [0.4, 0.5) is 0 Å². The van der Waals surface area contributed by atoms with Crippen molar-refractivity contribution in [2.75, 3.05) is 6.61 Å². The van der Waals surface area contributed by atoms with E-state index < -0.39 is 0 Å². The largest absolute Gasteiger partial charge is 0.388 e. The second-order valence-electron chi connectivity index (χ2n) is 7.72. The lowest BCUT2D eigenvalue weighted by Crippen LogP contribution is -2.10. The third-order valence-corrected chi connectivity index (χ3v) is 4.98. The van der Waals surface area contributed by atoms with Crippen molar-refractivity contribution in [3.05, 3.63) is 35.4 Å². The van der Waals surface area contributed by atoms with E-state index in [1.165, 1.54) is 32.1 Å². The van der Waals surface area contributed by atoms with Gasteiger partial charge in [-0.25, -0.2) is 0 Å². The van der Waals surface area contributed by atoms with Crippen molar-refractivity contribution in [1.29, 1.82) is 16.2 Å². The Kier molecular flexibility index (Phi) is 13.4. The average molecular weight is 402 g/mol. The van der Waals surface area contributed by atoms with Crippen LogP contribution in [0.2, 0.25) is 0 Å². The molecular weight excluding hydrogens is 362 g/mol. The number of rotatable bonds is 18. The molecular formula is C23H39N5O. The predicted octanol–water partition coefficient (Wildman–Crippen LogP) is 5.12. The highest BCUT2D eigenvalue weighted by molar-refractivity contribution is 5.94. The Morgan fingerprint density at radius 2 is 1.21 bits per heavy atom. The van der Waals surface area contributed by atoms with Crippen molar-refractivity contribution in [2.45, 2.75) is 83.7 Å². The van der Waals surface area contributed by atoms with Gasteiger partial charge in [-0.15, -0.1) is 0 Å². The molecule has 0 spiro atoms. The van der Waals surface area contributed by atoms with Gasteiger partial charge in [0.2, 0.25) is 0 Å². The van der Waals surface area contributed by atoms with Crippen molar-refractivity contribution in [3.63, 3.8) is 0 Å². The zero-order valence-corrected chi connectivity index (χ0v) is 17.8. The van der Waals surface area contributed by atoms with Gasteiger partial charge in [0.25, 0.3) is 0 Å². The molecule has 0 aromatic heterocycles. The van der Waals surface area contributed by atoms with Crippen LogP contribution in [-0.4, -0.2) is 24.0 Å². The molecule has 0 unspecified atom stereocenters. The number of nitrogens with two attached hydrogens (primary N) is 2. The summed E-state index contributed by atoms with van der Waals surface area (Å²) >= 11 is 0. The minimum absolute atomic E-state index is 0.0843. The molecule has 0 saturated carbocycles. The Morgan fingerprint density at radius 1 is 0.690 bits per heavy atom. The van der Waals surface area contributed by atoms with Crippen molar-refractivity contribution in [3.8, 4) is 0 Å². The summed E-state index contributed by atoms with van der Waals surface area (Å²) in [4.78, 5) is 0. The zero-order chi connectivity index (χ0) is 21.3. The van der Waals surface area contributed by atoms with Crippen LogP contribution in [0.5, 0.6) is 0 Å². The van der Waals surface area contributed by atoms with Crippen LogP contribution in [0.15, 0.2) is 24.3 Å². The molecule has 0 aliphatic carbocycles. The van der Waals surface area contributed by atoms with Gasteiger partial charge in [0.15, 0.2) is 0 Å². The lowest BCUT2D eigenvalue weighted by atomic mass is 10.0. The third-order valence-electron chi connectivity index (χ3n) is 4.98. The maximum Gasteiger partial charge on any atom is 0.122 e. The van der Waals surface area contributed by atoms with Gasteiger partial charge in [-0.1, -0.05) is 56.4 Å². The molecule has 0 heterocycles. The Hall–Kier alpha value is -2.21. The maximum atomic E-state index is 8.07. The van der Waals surface area contributed by atoms with Crippen LogP contribution in [0, 0.1) is 16.2 Å². The zero-order valence-electron chi connectivity index (χ0n) is 17.8. The highest BCUT2D eigenvalue weighted by atomic mass is 16.5. The number of ether oxygens (including phenoxy) is 1. The summed E-state index contributed by atoms with van der Waals surface area (Å²) in [6.07, 6.45) is 12.8. The summed E-state index contributed by atoms with van der Waals surface area (Å²) in [7, 11) is 0. The first-order valence-corrected chi connectivity index (χ1v) is 10.9. The molecule has 1 aromatic carbocycles. The van der Waals surface area contributed by atoms with E-state index >= 15 is 0 Å². The molecule has 0 saturated heterocycles. The third kappa shape index (κ3) is 13.6. The summed E-state index contributed by atoms with van der Waals surface area (Å²) < 4.78 is 5.69. The molecule has 1 rings (SSSR count). The maximum absolute atomic E-state index is 8.07. The number of hydrogen-bond donors (Lipinski definition) is 5. The van der Waals surface area contributed by atoms with Gasteiger partial charge < -0.3 is 21.6 Å². The highest BCUT2D eigenvalue weighted by Crippen LogP contribution is 2.11. The molecule has 7 N–H and O–H groups in total. The SMILES string of the molecule is N=C(N)CCCCCCCCCC(=N)CCCCOCc1ccc(C(=N)N)cc1. The number of nitrogen functional groups attached to an aromatic ring is 1. The van der Waals surface area contributed by atoms with Gasteiger partial charge in [0, 0.05) is 24.3 Å². The molecule has 0 aliphatic heterocycles. The molecule has 0 bridgehead atoms. The van der Waals surface area contributed by atoms with E-state index in [-0.39, 0.29) is 5.84 Å². The van der Waals surface area contributed by atoms with Crippen LogP contribution < -0.4 is 11.5 Å². The Bertz CT molecular complexity index is 612. The average Bonchev–Trinajstić information content (AvgIpc) is 2.69. The fourth-order valence-corrected chi connectivity index (χ4v) is 3.18. The number of benzene rings is 1. The first-order valence-electron chi connectivity index (χ1n) is 10.9. The van der Waals surface area contributed by atoms with Crippen molar-refractivity contribution < 1.29 is 4.74 Å². The van der Waals surface area contributed by atoms with Crippen LogP contribution in [0.25, 0.3) is 0 Å². The van der Waals surface area contributed by atoms with E-state index in [0.717, 1.165) is 61.8 Å². The van der Waals surface area contributed by atoms with Gasteiger partial charge in [-0.2, -0.15) is 0 Å². The van der Waals surface area contributed by atoms with Crippen LogP contribution in [0.3, 0.4) is 0 Å². The van der Waals surface area contributed by atoms with Crippen LogP contribution in [0.1, 0.15) is 88.2 Å². The standard InChI is InChI=1S/C23H39N5O/c24-21(10-6-4-2-1-3-5-7-12-22(25)26)11-8-9-17-29-18-19-13-15-20(16-14-19)23(27)28/h13-16,24H,1-12,17-18H2,(H3,25,26)(H3,27,28). The first kappa shape index (κ1) is 24.8. The molecule has 0 aliphatic rings. The number of unbranched alkanes of at least 4 members (excludes halogenated alkanes) is 7. The summed E-state index contributed by atoms with van der Waals surface area (Å²) in [6, 6.07) is 7.57. The quantitative estimate of drug-likeness (QED) is 0.133. The van der Waals surface area contributed by atoms with Gasteiger partial charge in [-0.05, 0) is 44.1 Å². The van der Waals surface area contributed by atoms with Gasteiger partial charge in [0.05, 0.1) is 12.4 Å². The molecule has 29 heavy (non-hydrogen) atoms. The summed E-state index contributed by atoms with van der Waals surface area (Å²) in [6.45, 7) is 1.29. The molecule has 162 valence electrons.